The van der Waals surface area contributed by atoms with Crippen molar-refractivity contribution in [3.63, 3.8) is 0 Å². The number of amides is 1. The first-order valence-electron chi connectivity index (χ1n) is 10.6. The van der Waals surface area contributed by atoms with Gasteiger partial charge < -0.3 is 24.0 Å². The second kappa shape index (κ2) is 10.2. The van der Waals surface area contributed by atoms with E-state index in [4.69, 9.17) is 14.2 Å². The van der Waals surface area contributed by atoms with Crippen LogP contribution in [0.25, 0.3) is 0 Å². The number of hydrogen-bond acceptors (Lipinski definition) is 6. The summed E-state index contributed by atoms with van der Waals surface area (Å²) in [4.78, 5) is 19.8. The summed E-state index contributed by atoms with van der Waals surface area (Å²) in [5, 5.41) is 0. The van der Waals surface area contributed by atoms with Crippen LogP contribution in [0.2, 0.25) is 0 Å². The molecule has 0 spiro atoms. The highest BCUT2D eigenvalue weighted by atomic mass is 16.5. The number of benzene rings is 1. The molecule has 29 heavy (non-hydrogen) atoms. The van der Waals surface area contributed by atoms with E-state index in [0.717, 1.165) is 76.5 Å². The van der Waals surface area contributed by atoms with Gasteiger partial charge in [-0.25, -0.2) is 0 Å². The highest BCUT2D eigenvalue weighted by Crippen LogP contribution is 2.40. The Bertz CT molecular complexity index is 681. The van der Waals surface area contributed by atoms with Crippen LogP contribution in [0.1, 0.15) is 25.3 Å². The maximum atomic E-state index is 12.9. The van der Waals surface area contributed by atoms with Crippen LogP contribution in [0.4, 0.5) is 0 Å². The van der Waals surface area contributed by atoms with Crippen LogP contribution in [-0.2, 0) is 11.3 Å². The number of nitrogens with zero attached hydrogens (tertiary/aromatic N) is 3. The van der Waals surface area contributed by atoms with Crippen molar-refractivity contribution in [1.82, 2.24) is 14.7 Å². The minimum Gasteiger partial charge on any atom is -0.493 e. The number of methoxy groups -OCH3 is 3. The Labute approximate surface area is 174 Å². The number of rotatable bonds is 7. The Kier molecular flexibility index (Phi) is 7.61. The molecule has 0 aliphatic carbocycles. The second-order valence-electron chi connectivity index (χ2n) is 7.80. The number of piperidine rings is 1. The molecular formula is C22H35N3O4. The highest BCUT2D eigenvalue weighted by Gasteiger charge is 2.30. The molecular weight excluding hydrogens is 370 g/mol. The van der Waals surface area contributed by atoms with Crippen molar-refractivity contribution in [1.29, 1.82) is 0 Å². The van der Waals surface area contributed by atoms with Gasteiger partial charge in [0.1, 0.15) is 0 Å². The van der Waals surface area contributed by atoms with E-state index in [-0.39, 0.29) is 5.92 Å². The summed E-state index contributed by atoms with van der Waals surface area (Å²) in [7, 11) is 4.91. The van der Waals surface area contributed by atoms with Crippen LogP contribution in [0, 0.1) is 5.92 Å². The van der Waals surface area contributed by atoms with Gasteiger partial charge in [0.05, 0.1) is 21.3 Å². The zero-order valence-corrected chi connectivity index (χ0v) is 18.3. The van der Waals surface area contributed by atoms with Gasteiger partial charge >= 0.3 is 0 Å². The fourth-order valence-electron chi connectivity index (χ4n) is 4.41. The Morgan fingerprint density at radius 1 is 0.897 bits per heavy atom. The lowest BCUT2D eigenvalue weighted by Gasteiger charge is -2.38. The molecule has 2 fully saturated rings. The van der Waals surface area contributed by atoms with Crippen molar-refractivity contribution in [2.45, 2.75) is 26.3 Å². The quantitative estimate of drug-likeness (QED) is 0.692. The van der Waals surface area contributed by atoms with Crippen LogP contribution in [-0.4, -0.2) is 87.7 Å². The third kappa shape index (κ3) is 4.95. The van der Waals surface area contributed by atoms with Gasteiger partial charge in [0.2, 0.25) is 11.7 Å². The third-order valence-electron chi connectivity index (χ3n) is 6.25. The molecule has 0 unspecified atom stereocenters. The number of carbonyl (C=O) groups is 1. The molecule has 0 atom stereocenters. The van der Waals surface area contributed by atoms with Crippen molar-refractivity contribution in [3.8, 4) is 17.2 Å². The van der Waals surface area contributed by atoms with Crippen LogP contribution in [0.3, 0.4) is 0 Å². The van der Waals surface area contributed by atoms with Gasteiger partial charge in [-0.15, -0.1) is 0 Å². The third-order valence-corrected chi connectivity index (χ3v) is 6.25. The fraction of sp³-hybridized carbons (Fsp3) is 0.682. The molecule has 0 N–H and O–H groups in total. The van der Waals surface area contributed by atoms with E-state index in [1.54, 1.807) is 21.3 Å². The Balaban J connectivity index is 1.56. The molecule has 1 aromatic carbocycles. The molecule has 0 aromatic heterocycles. The van der Waals surface area contributed by atoms with Crippen molar-refractivity contribution >= 4 is 5.91 Å². The molecule has 0 saturated carbocycles. The molecule has 2 heterocycles. The van der Waals surface area contributed by atoms with E-state index < -0.39 is 0 Å². The van der Waals surface area contributed by atoms with E-state index in [1.165, 1.54) is 0 Å². The lowest BCUT2D eigenvalue weighted by atomic mass is 9.94. The number of ether oxygens (including phenoxy) is 3. The molecule has 0 bridgehead atoms. The lowest BCUT2D eigenvalue weighted by molar-refractivity contribution is -0.138. The number of likely N-dealkylation sites (tertiary alicyclic amines) is 1. The predicted molar refractivity (Wildman–Crippen MR) is 113 cm³/mol. The van der Waals surface area contributed by atoms with Crippen molar-refractivity contribution in [3.05, 3.63) is 17.7 Å². The van der Waals surface area contributed by atoms with E-state index >= 15 is 0 Å². The standard InChI is InChI=1S/C22H35N3O4/c1-5-23-12-14-25(15-13-23)22(26)17-8-10-24(11-9-17)16-18-6-7-19(27-2)21(29-4)20(18)28-3/h6-7,17H,5,8-16H2,1-4H3. The van der Waals surface area contributed by atoms with Gasteiger partial charge in [-0.2, -0.15) is 0 Å². The van der Waals surface area contributed by atoms with Crippen molar-refractivity contribution < 1.29 is 19.0 Å². The molecule has 2 aliphatic heterocycles. The smallest absolute Gasteiger partial charge is 0.225 e. The molecule has 1 amide bonds. The minimum absolute atomic E-state index is 0.159. The van der Waals surface area contributed by atoms with Gasteiger partial charge in [-0.1, -0.05) is 13.0 Å². The second-order valence-corrected chi connectivity index (χ2v) is 7.80. The average Bonchev–Trinajstić information content (AvgIpc) is 2.78. The van der Waals surface area contributed by atoms with Crippen molar-refractivity contribution in [2.24, 2.45) is 5.92 Å². The maximum Gasteiger partial charge on any atom is 0.225 e. The van der Waals surface area contributed by atoms with E-state index in [1.807, 2.05) is 12.1 Å². The largest absolute Gasteiger partial charge is 0.493 e. The van der Waals surface area contributed by atoms with Crippen molar-refractivity contribution in [2.75, 3.05) is 67.1 Å². The van der Waals surface area contributed by atoms with Crippen LogP contribution in [0.15, 0.2) is 12.1 Å². The van der Waals surface area contributed by atoms with Gasteiger partial charge in [-0.05, 0) is 38.5 Å². The maximum absolute atomic E-state index is 12.9. The summed E-state index contributed by atoms with van der Waals surface area (Å²) < 4.78 is 16.5. The summed E-state index contributed by atoms with van der Waals surface area (Å²) in [6, 6.07) is 3.95. The number of likely N-dealkylation sites (N-methyl/N-ethyl adjacent to an activating group) is 1. The molecule has 3 rings (SSSR count). The van der Waals surface area contributed by atoms with Gasteiger partial charge in [0.15, 0.2) is 11.5 Å². The van der Waals surface area contributed by atoms with Gasteiger partial charge in [0, 0.05) is 44.2 Å². The monoisotopic (exact) mass is 405 g/mol. The topological polar surface area (TPSA) is 54.5 Å². The summed E-state index contributed by atoms with van der Waals surface area (Å²) in [5.74, 6) is 2.53. The SMILES string of the molecule is CCN1CCN(C(=O)C2CCN(Cc3ccc(OC)c(OC)c3OC)CC2)CC1. The first-order chi connectivity index (χ1) is 14.1. The molecule has 7 heteroatoms. The Morgan fingerprint density at radius 2 is 1.55 bits per heavy atom. The number of carbonyl (C=O) groups excluding carboxylic acids is 1. The molecule has 162 valence electrons. The van der Waals surface area contributed by atoms with Crippen LogP contribution < -0.4 is 14.2 Å². The fourth-order valence-corrected chi connectivity index (χ4v) is 4.41. The minimum atomic E-state index is 0.159. The van der Waals surface area contributed by atoms with Crippen LogP contribution in [0.5, 0.6) is 17.2 Å². The summed E-state index contributed by atoms with van der Waals surface area (Å²) in [6.45, 7) is 9.61. The number of piperazine rings is 1. The lowest BCUT2D eigenvalue weighted by Crippen LogP contribution is -2.51. The average molecular weight is 406 g/mol. The first-order valence-corrected chi connectivity index (χ1v) is 10.6. The molecule has 2 saturated heterocycles. The normalized spacial score (nSPS) is 19.2. The van der Waals surface area contributed by atoms with E-state index in [0.29, 0.717) is 17.4 Å². The predicted octanol–water partition coefficient (Wildman–Crippen LogP) is 2.09. The zero-order valence-electron chi connectivity index (χ0n) is 18.3. The highest BCUT2D eigenvalue weighted by molar-refractivity contribution is 5.79. The summed E-state index contributed by atoms with van der Waals surface area (Å²) in [6.07, 6.45) is 1.84. The van der Waals surface area contributed by atoms with Crippen LogP contribution >= 0.6 is 0 Å². The molecule has 7 nitrogen and oxygen atoms in total. The molecule has 2 aliphatic rings. The van der Waals surface area contributed by atoms with Gasteiger partial charge in [0.25, 0.3) is 0 Å². The molecule has 1 aromatic rings. The zero-order chi connectivity index (χ0) is 20.8. The Hall–Kier alpha value is -1.99. The Morgan fingerprint density at radius 3 is 2.10 bits per heavy atom. The number of hydrogen-bond donors (Lipinski definition) is 0. The molecule has 0 radical (unpaired) electrons. The summed E-state index contributed by atoms with van der Waals surface area (Å²) >= 11 is 0. The van der Waals surface area contributed by atoms with Gasteiger partial charge in [-0.3, -0.25) is 9.69 Å². The van der Waals surface area contributed by atoms with E-state index in [9.17, 15) is 4.79 Å². The first kappa shape index (κ1) is 21.7. The summed E-state index contributed by atoms with van der Waals surface area (Å²) in [5.41, 5.74) is 1.07. The van der Waals surface area contributed by atoms with E-state index in [2.05, 4.69) is 21.6 Å².